The summed E-state index contributed by atoms with van der Waals surface area (Å²) >= 11 is 0. The molecule has 3 rings (SSSR count). The predicted octanol–water partition coefficient (Wildman–Crippen LogP) is 4.36. The Kier molecular flexibility index (Phi) is 4.60. The Hall–Kier alpha value is -2.36. The van der Waals surface area contributed by atoms with Gasteiger partial charge in [0.25, 0.3) is 0 Å². The van der Waals surface area contributed by atoms with Gasteiger partial charge in [-0.05, 0) is 49.1 Å². The number of hydrogen-bond donors (Lipinski definition) is 0. The zero-order chi connectivity index (χ0) is 16.2. The largest absolute Gasteiger partial charge is 0.457 e. The van der Waals surface area contributed by atoms with Crippen molar-refractivity contribution in [1.29, 1.82) is 0 Å². The van der Waals surface area contributed by atoms with Crippen molar-refractivity contribution in [2.45, 2.75) is 19.8 Å². The van der Waals surface area contributed by atoms with E-state index in [0.717, 1.165) is 25.9 Å². The SMILES string of the molecule is CC1CCN(C(=O)C=Cc2ccc(-c3ccccc3F)o2)CC1. The van der Waals surface area contributed by atoms with Gasteiger partial charge in [0.05, 0.1) is 5.56 Å². The Balaban J connectivity index is 1.67. The lowest BCUT2D eigenvalue weighted by molar-refractivity contribution is -0.127. The second-order valence-corrected chi connectivity index (χ2v) is 6.02. The van der Waals surface area contributed by atoms with E-state index in [-0.39, 0.29) is 11.7 Å². The summed E-state index contributed by atoms with van der Waals surface area (Å²) < 4.78 is 19.3. The van der Waals surface area contributed by atoms with Gasteiger partial charge >= 0.3 is 0 Å². The third-order valence-electron chi connectivity index (χ3n) is 4.25. The first-order valence-corrected chi connectivity index (χ1v) is 7.95. The normalized spacial score (nSPS) is 16.2. The molecule has 1 aromatic heterocycles. The van der Waals surface area contributed by atoms with Crippen molar-refractivity contribution in [3.05, 3.63) is 54.1 Å². The van der Waals surface area contributed by atoms with Gasteiger partial charge in [0.2, 0.25) is 5.91 Å². The van der Waals surface area contributed by atoms with Gasteiger partial charge in [-0.3, -0.25) is 4.79 Å². The number of amides is 1. The topological polar surface area (TPSA) is 33.5 Å². The number of likely N-dealkylation sites (tertiary alicyclic amines) is 1. The van der Waals surface area contributed by atoms with Crippen LogP contribution in [0, 0.1) is 11.7 Å². The van der Waals surface area contributed by atoms with Gasteiger partial charge in [-0.15, -0.1) is 0 Å². The van der Waals surface area contributed by atoms with Gasteiger partial charge in [0.1, 0.15) is 17.3 Å². The molecule has 1 fully saturated rings. The lowest BCUT2D eigenvalue weighted by Gasteiger charge is -2.29. The van der Waals surface area contributed by atoms with E-state index in [1.165, 1.54) is 12.1 Å². The molecule has 1 aliphatic heterocycles. The van der Waals surface area contributed by atoms with Crippen LogP contribution in [0.5, 0.6) is 0 Å². The van der Waals surface area contributed by atoms with Crippen LogP contribution in [0.25, 0.3) is 17.4 Å². The fourth-order valence-electron chi connectivity index (χ4n) is 2.74. The molecule has 0 N–H and O–H groups in total. The maximum absolute atomic E-state index is 13.7. The van der Waals surface area contributed by atoms with Crippen LogP contribution in [-0.4, -0.2) is 23.9 Å². The number of carbonyl (C=O) groups is 1. The predicted molar refractivity (Wildman–Crippen MR) is 88.1 cm³/mol. The van der Waals surface area contributed by atoms with Crippen LogP contribution in [0.1, 0.15) is 25.5 Å². The molecule has 0 spiro atoms. The van der Waals surface area contributed by atoms with E-state index in [1.807, 2.05) is 4.90 Å². The monoisotopic (exact) mass is 313 g/mol. The van der Waals surface area contributed by atoms with Crippen molar-refractivity contribution in [3.8, 4) is 11.3 Å². The maximum atomic E-state index is 13.7. The molecular weight excluding hydrogens is 293 g/mol. The highest BCUT2D eigenvalue weighted by molar-refractivity contribution is 5.91. The zero-order valence-electron chi connectivity index (χ0n) is 13.2. The first kappa shape index (κ1) is 15.5. The summed E-state index contributed by atoms with van der Waals surface area (Å²) in [6, 6.07) is 9.92. The molecule has 0 radical (unpaired) electrons. The number of nitrogens with zero attached hydrogens (tertiary/aromatic N) is 1. The highest BCUT2D eigenvalue weighted by atomic mass is 19.1. The van der Waals surface area contributed by atoms with E-state index in [0.29, 0.717) is 23.0 Å². The quantitative estimate of drug-likeness (QED) is 0.789. The Morgan fingerprint density at radius 3 is 2.70 bits per heavy atom. The van der Waals surface area contributed by atoms with Crippen LogP contribution >= 0.6 is 0 Å². The fourth-order valence-corrected chi connectivity index (χ4v) is 2.74. The molecule has 0 bridgehead atoms. The summed E-state index contributed by atoms with van der Waals surface area (Å²) in [5.74, 6) is 1.37. The minimum Gasteiger partial charge on any atom is -0.457 e. The van der Waals surface area contributed by atoms with Crippen molar-refractivity contribution in [1.82, 2.24) is 4.90 Å². The minimum absolute atomic E-state index is 0.000687. The van der Waals surface area contributed by atoms with E-state index in [2.05, 4.69) is 6.92 Å². The van der Waals surface area contributed by atoms with E-state index < -0.39 is 0 Å². The van der Waals surface area contributed by atoms with Crippen LogP contribution in [-0.2, 0) is 4.79 Å². The molecule has 1 saturated heterocycles. The Labute approximate surface area is 135 Å². The Morgan fingerprint density at radius 1 is 1.22 bits per heavy atom. The molecule has 0 atom stereocenters. The second-order valence-electron chi connectivity index (χ2n) is 6.02. The third-order valence-corrected chi connectivity index (χ3v) is 4.25. The van der Waals surface area contributed by atoms with Gasteiger partial charge in [-0.2, -0.15) is 0 Å². The molecule has 23 heavy (non-hydrogen) atoms. The van der Waals surface area contributed by atoms with Gasteiger partial charge in [-0.1, -0.05) is 19.1 Å². The maximum Gasteiger partial charge on any atom is 0.246 e. The number of halogens is 1. The summed E-state index contributed by atoms with van der Waals surface area (Å²) in [7, 11) is 0. The van der Waals surface area contributed by atoms with Gasteiger partial charge < -0.3 is 9.32 Å². The average molecular weight is 313 g/mol. The second kappa shape index (κ2) is 6.82. The summed E-state index contributed by atoms with van der Waals surface area (Å²) in [4.78, 5) is 14.0. The molecule has 2 aromatic rings. The number of hydrogen-bond acceptors (Lipinski definition) is 2. The molecule has 0 aliphatic carbocycles. The molecule has 3 nitrogen and oxygen atoms in total. The molecule has 1 aromatic carbocycles. The number of piperidine rings is 1. The van der Waals surface area contributed by atoms with Crippen LogP contribution in [0.4, 0.5) is 4.39 Å². The molecule has 4 heteroatoms. The summed E-state index contributed by atoms with van der Waals surface area (Å²) in [6.07, 6.45) is 5.28. The standard InChI is InChI=1S/C19H20FNO2/c1-14-10-12-21(13-11-14)19(22)9-7-15-6-8-18(23-15)16-4-2-3-5-17(16)20/h2-9,14H,10-13H2,1H3. The number of furan rings is 1. The van der Waals surface area contributed by atoms with Crippen molar-refractivity contribution in [2.75, 3.05) is 13.1 Å². The van der Waals surface area contributed by atoms with Gasteiger partial charge in [-0.25, -0.2) is 4.39 Å². The van der Waals surface area contributed by atoms with E-state index in [1.54, 1.807) is 36.4 Å². The van der Waals surface area contributed by atoms with Crippen molar-refractivity contribution in [2.24, 2.45) is 5.92 Å². The molecule has 0 unspecified atom stereocenters. The van der Waals surface area contributed by atoms with Crippen LogP contribution < -0.4 is 0 Å². The fraction of sp³-hybridized carbons (Fsp3) is 0.316. The Bertz CT molecular complexity index is 712. The molecule has 1 aliphatic rings. The summed E-state index contributed by atoms with van der Waals surface area (Å²) in [5, 5.41) is 0. The average Bonchev–Trinajstić information content (AvgIpc) is 3.02. The van der Waals surface area contributed by atoms with E-state index in [4.69, 9.17) is 4.42 Å². The highest BCUT2D eigenvalue weighted by Gasteiger charge is 2.18. The molecule has 120 valence electrons. The van der Waals surface area contributed by atoms with Crippen molar-refractivity contribution >= 4 is 12.0 Å². The zero-order valence-corrected chi connectivity index (χ0v) is 13.2. The smallest absolute Gasteiger partial charge is 0.246 e. The number of carbonyl (C=O) groups excluding carboxylic acids is 1. The minimum atomic E-state index is -0.323. The van der Waals surface area contributed by atoms with Crippen LogP contribution in [0.3, 0.4) is 0 Å². The van der Waals surface area contributed by atoms with Crippen LogP contribution in [0.15, 0.2) is 46.9 Å². The highest BCUT2D eigenvalue weighted by Crippen LogP contribution is 2.25. The van der Waals surface area contributed by atoms with Crippen LogP contribution in [0.2, 0.25) is 0 Å². The summed E-state index contributed by atoms with van der Waals surface area (Å²) in [5.41, 5.74) is 0.420. The Morgan fingerprint density at radius 2 is 1.96 bits per heavy atom. The van der Waals surface area contributed by atoms with E-state index >= 15 is 0 Å². The first-order valence-electron chi connectivity index (χ1n) is 7.95. The number of benzene rings is 1. The van der Waals surface area contributed by atoms with Gasteiger partial charge in [0.15, 0.2) is 0 Å². The lowest BCUT2D eigenvalue weighted by Crippen LogP contribution is -2.36. The lowest BCUT2D eigenvalue weighted by atomic mass is 9.99. The van der Waals surface area contributed by atoms with Crippen molar-refractivity contribution in [3.63, 3.8) is 0 Å². The third kappa shape index (κ3) is 3.70. The number of rotatable bonds is 3. The first-order chi connectivity index (χ1) is 11.1. The van der Waals surface area contributed by atoms with Crippen molar-refractivity contribution < 1.29 is 13.6 Å². The molecule has 0 saturated carbocycles. The molecular formula is C19H20FNO2. The van der Waals surface area contributed by atoms with Gasteiger partial charge in [0, 0.05) is 19.2 Å². The van der Waals surface area contributed by atoms with E-state index in [9.17, 15) is 9.18 Å². The summed E-state index contributed by atoms with van der Waals surface area (Å²) in [6.45, 7) is 3.83. The molecule has 2 heterocycles. The molecule has 1 amide bonds.